The van der Waals surface area contributed by atoms with Crippen LogP contribution in [0.2, 0.25) is 0 Å². The largest absolute Gasteiger partial charge is 0.478 e. The number of nitrogens with zero attached hydrogens (tertiary/aromatic N) is 2. The van der Waals surface area contributed by atoms with Crippen molar-refractivity contribution >= 4 is 35.6 Å². The molecule has 0 saturated heterocycles. The predicted octanol–water partition coefficient (Wildman–Crippen LogP) is 2.54. The number of imide groups is 2. The average Bonchev–Trinajstić information content (AvgIpc) is 3.20. The molecule has 0 aromatic heterocycles. The summed E-state index contributed by atoms with van der Waals surface area (Å²) in [6.07, 6.45) is 2.31. The Hall–Kier alpha value is -4.34. The van der Waals surface area contributed by atoms with Gasteiger partial charge in [-0.15, -0.1) is 0 Å². The molecule has 2 aliphatic rings. The highest BCUT2D eigenvalue weighted by Gasteiger charge is 2.36. The average molecular weight is 464 g/mol. The monoisotopic (exact) mass is 464 g/mol. The van der Waals surface area contributed by atoms with E-state index in [0.29, 0.717) is 25.7 Å². The van der Waals surface area contributed by atoms with Crippen molar-refractivity contribution in [2.75, 3.05) is 13.1 Å². The molecule has 2 aliphatic heterocycles. The molecule has 0 unspecified atom stereocenters. The van der Waals surface area contributed by atoms with Gasteiger partial charge in [-0.1, -0.05) is 12.8 Å². The second kappa shape index (κ2) is 8.89. The van der Waals surface area contributed by atoms with Crippen LogP contribution >= 0.6 is 0 Å². The van der Waals surface area contributed by atoms with Crippen molar-refractivity contribution in [3.05, 3.63) is 69.8 Å². The summed E-state index contributed by atoms with van der Waals surface area (Å²) in [7, 11) is 0. The van der Waals surface area contributed by atoms with Gasteiger partial charge in [-0.05, 0) is 49.2 Å². The summed E-state index contributed by atoms with van der Waals surface area (Å²) < 4.78 is 0. The van der Waals surface area contributed by atoms with Crippen LogP contribution in [0.1, 0.15) is 87.8 Å². The number of amides is 4. The summed E-state index contributed by atoms with van der Waals surface area (Å²) >= 11 is 0. The van der Waals surface area contributed by atoms with Gasteiger partial charge in [0.25, 0.3) is 23.6 Å². The molecule has 174 valence electrons. The van der Waals surface area contributed by atoms with Crippen LogP contribution in [0.25, 0.3) is 0 Å². The molecule has 4 rings (SSSR count). The van der Waals surface area contributed by atoms with Crippen molar-refractivity contribution in [1.82, 2.24) is 9.80 Å². The Morgan fingerprint density at radius 1 is 0.559 bits per heavy atom. The number of aromatic carboxylic acids is 2. The smallest absolute Gasteiger partial charge is 0.335 e. The topological polar surface area (TPSA) is 149 Å². The van der Waals surface area contributed by atoms with Crippen LogP contribution in [0.4, 0.5) is 0 Å². The molecule has 0 atom stereocenters. The molecule has 4 amide bonds. The van der Waals surface area contributed by atoms with Crippen LogP contribution in [-0.4, -0.2) is 68.7 Å². The molecule has 0 spiro atoms. The van der Waals surface area contributed by atoms with E-state index in [1.54, 1.807) is 0 Å². The minimum absolute atomic E-state index is 0.0610. The lowest BCUT2D eigenvalue weighted by atomic mass is 10.1. The molecule has 10 heteroatoms. The van der Waals surface area contributed by atoms with Gasteiger partial charge in [0.15, 0.2) is 0 Å². The number of carbonyl (C=O) groups is 6. The maximum Gasteiger partial charge on any atom is 0.335 e. The van der Waals surface area contributed by atoms with Crippen molar-refractivity contribution < 1.29 is 39.0 Å². The van der Waals surface area contributed by atoms with Crippen LogP contribution in [0.3, 0.4) is 0 Å². The second-order valence-electron chi connectivity index (χ2n) is 8.07. The van der Waals surface area contributed by atoms with E-state index in [2.05, 4.69) is 0 Å². The highest BCUT2D eigenvalue weighted by atomic mass is 16.4. The predicted molar refractivity (Wildman–Crippen MR) is 116 cm³/mol. The zero-order chi connectivity index (χ0) is 24.6. The molecule has 0 bridgehead atoms. The van der Waals surface area contributed by atoms with E-state index in [-0.39, 0.29) is 46.5 Å². The summed E-state index contributed by atoms with van der Waals surface area (Å²) in [5, 5.41) is 18.2. The van der Waals surface area contributed by atoms with Crippen molar-refractivity contribution in [1.29, 1.82) is 0 Å². The third-order valence-corrected chi connectivity index (χ3v) is 5.95. The number of hydrogen-bond donors (Lipinski definition) is 2. The first-order valence-electron chi connectivity index (χ1n) is 10.7. The third-order valence-electron chi connectivity index (χ3n) is 5.95. The van der Waals surface area contributed by atoms with Crippen molar-refractivity contribution in [2.45, 2.75) is 25.7 Å². The van der Waals surface area contributed by atoms with E-state index in [9.17, 15) is 28.8 Å². The number of carbonyl (C=O) groups excluding carboxylic acids is 4. The Morgan fingerprint density at radius 2 is 0.912 bits per heavy atom. The lowest BCUT2D eigenvalue weighted by molar-refractivity contribution is 0.0630. The maximum absolute atomic E-state index is 12.5. The third kappa shape index (κ3) is 3.94. The summed E-state index contributed by atoms with van der Waals surface area (Å²) in [6.45, 7) is 0.361. The lowest BCUT2D eigenvalue weighted by Gasteiger charge is -2.15. The fourth-order valence-electron chi connectivity index (χ4n) is 4.15. The summed E-state index contributed by atoms with van der Waals surface area (Å²) in [5.74, 6) is -4.30. The highest BCUT2D eigenvalue weighted by Crippen LogP contribution is 2.26. The molecule has 0 saturated carbocycles. The number of carboxylic acids is 2. The SMILES string of the molecule is O=C(O)c1ccc2c(c1)C(=O)N(CCCCCCN1C(=O)c3ccc(C(=O)O)cc3C1=O)C2=O. The van der Waals surface area contributed by atoms with Crippen LogP contribution in [0, 0.1) is 0 Å². The first-order chi connectivity index (χ1) is 16.2. The Kier molecular flexibility index (Phi) is 5.97. The van der Waals surface area contributed by atoms with E-state index in [4.69, 9.17) is 10.2 Å². The molecule has 2 aromatic carbocycles. The summed E-state index contributed by atoms with van der Waals surface area (Å²) in [6, 6.07) is 7.69. The minimum atomic E-state index is -1.18. The van der Waals surface area contributed by atoms with Gasteiger partial charge in [0.05, 0.1) is 33.4 Å². The van der Waals surface area contributed by atoms with Gasteiger partial charge in [0.1, 0.15) is 0 Å². The second-order valence-corrected chi connectivity index (χ2v) is 8.07. The Labute approximate surface area is 193 Å². The Bertz CT molecular complexity index is 1170. The summed E-state index contributed by atoms with van der Waals surface area (Å²) in [5.41, 5.74) is 0.421. The van der Waals surface area contributed by atoms with Gasteiger partial charge in [-0.2, -0.15) is 0 Å². The van der Waals surface area contributed by atoms with E-state index >= 15 is 0 Å². The zero-order valence-electron chi connectivity index (χ0n) is 17.9. The van der Waals surface area contributed by atoms with Crippen LogP contribution in [0.5, 0.6) is 0 Å². The molecular formula is C24H20N2O8. The quantitative estimate of drug-likeness (QED) is 0.425. The van der Waals surface area contributed by atoms with Crippen molar-refractivity contribution in [3.8, 4) is 0 Å². The standard InChI is InChI=1S/C24H20N2O8/c27-19-15-7-5-13(23(31)32)11-17(15)21(29)25(19)9-3-1-2-4-10-26-20(28)16-8-6-14(24(33)34)12-18(16)22(26)30/h5-8,11-12H,1-4,9-10H2,(H,31,32)(H,33,34). The number of carboxylic acid groups (broad SMARTS) is 2. The van der Waals surface area contributed by atoms with E-state index in [0.717, 1.165) is 9.80 Å². The van der Waals surface area contributed by atoms with Crippen LogP contribution in [0.15, 0.2) is 36.4 Å². The molecule has 0 aliphatic carbocycles. The number of benzene rings is 2. The zero-order valence-corrected chi connectivity index (χ0v) is 17.9. The molecule has 10 nitrogen and oxygen atoms in total. The number of unbranched alkanes of at least 4 members (excludes halogenated alkanes) is 3. The fraction of sp³-hybridized carbons (Fsp3) is 0.250. The van der Waals surface area contributed by atoms with Gasteiger partial charge < -0.3 is 10.2 Å². The molecular weight excluding hydrogens is 444 g/mol. The minimum Gasteiger partial charge on any atom is -0.478 e. The van der Waals surface area contributed by atoms with E-state index in [1.165, 1.54) is 36.4 Å². The Balaban J connectivity index is 1.26. The van der Waals surface area contributed by atoms with Crippen molar-refractivity contribution in [2.24, 2.45) is 0 Å². The molecule has 34 heavy (non-hydrogen) atoms. The molecule has 0 fully saturated rings. The van der Waals surface area contributed by atoms with Gasteiger partial charge in [0.2, 0.25) is 0 Å². The van der Waals surface area contributed by atoms with E-state index < -0.39 is 35.6 Å². The molecule has 2 heterocycles. The number of hydrogen-bond acceptors (Lipinski definition) is 6. The van der Waals surface area contributed by atoms with Gasteiger partial charge in [-0.25, -0.2) is 9.59 Å². The normalized spacial score (nSPS) is 14.6. The van der Waals surface area contributed by atoms with Gasteiger partial charge in [0, 0.05) is 13.1 Å². The lowest BCUT2D eigenvalue weighted by Crippen LogP contribution is -2.31. The van der Waals surface area contributed by atoms with Crippen LogP contribution < -0.4 is 0 Å². The first-order valence-corrected chi connectivity index (χ1v) is 10.7. The highest BCUT2D eigenvalue weighted by molar-refractivity contribution is 6.22. The number of fused-ring (bicyclic) bond motifs is 2. The number of rotatable bonds is 9. The van der Waals surface area contributed by atoms with Gasteiger partial charge in [-0.3, -0.25) is 29.0 Å². The maximum atomic E-state index is 12.5. The Morgan fingerprint density at radius 3 is 1.26 bits per heavy atom. The van der Waals surface area contributed by atoms with Gasteiger partial charge >= 0.3 is 11.9 Å². The van der Waals surface area contributed by atoms with E-state index in [1.807, 2.05) is 0 Å². The first kappa shape index (κ1) is 22.8. The fourth-order valence-corrected chi connectivity index (χ4v) is 4.15. The molecule has 2 N–H and O–H groups in total. The molecule has 2 aromatic rings. The molecule has 0 radical (unpaired) electrons. The van der Waals surface area contributed by atoms with Crippen molar-refractivity contribution in [3.63, 3.8) is 0 Å². The van der Waals surface area contributed by atoms with Crippen LogP contribution in [-0.2, 0) is 0 Å². The summed E-state index contributed by atoms with van der Waals surface area (Å²) in [4.78, 5) is 74.4.